The van der Waals surface area contributed by atoms with Crippen molar-refractivity contribution in [2.45, 2.75) is 13.0 Å². The number of amides is 1. The first-order valence-electron chi connectivity index (χ1n) is 6.81. The Morgan fingerprint density at radius 3 is 2.14 bits per heavy atom. The Balaban J connectivity index is 2.06. The lowest BCUT2D eigenvalue weighted by Crippen LogP contribution is -2.21. The molecule has 0 aliphatic heterocycles. The number of nitrogens with zero attached hydrogens (tertiary/aromatic N) is 1. The molecule has 1 atom stereocenters. The van der Waals surface area contributed by atoms with E-state index in [0.717, 1.165) is 16.3 Å². The van der Waals surface area contributed by atoms with Crippen LogP contribution in [0.4, 0.5) is 5.69 Å². The molecule has 1 N–H and O–H groups in total. The number of nitrogens with one attached hydrogen (secondary N) is 1. The average molecular weight is 303 g/mol. The molecule has 4 heteroatoms. The van der Waals surface area contributed by atoms with E-state index in [-0.39, 0.29) is 11.9 Å². The molecule has 2 aromatic rings. The molecule has 0 heterocycles. The first kappa shape index (κ1) is 15.4. The summed E-state index contributed by atoms with van der Waals surface area (Å²) in [5, 5.41) is 4.14. The molecule has 2 rings (SSSR count). The van der Waals surface area contributed by atoms with E-state index in [0.29, 0.717) is 5.56 Å². The van der Waals surface area contributed by atoms with Gasteiger partial charge in [0.05, 0.1) is 0 Å². The molecule has 1 unspecified atom stereocenters. The van der Waals surface area contributed by atoms with Crippen molar-refractivity contribution in [1.82, 2.24) is 4.90 Å². The predicted octanol–water partition coefficient (Wildman–Crippen LogP) is 4.21. The fraction of sp³-hybridized carbons (Fsp3) is 0.235. The first-order valence-corrected chi connectivity index (χ1v) is 7.19. The van der Waals surface area contributed by atoms with Crippen LogP contribution in [0.2, 0.25) is 5.02 Å². The summed E-state index contributed by atoms with van der Waals surface area (Å²) in [5.41, 5.74) is 2.82. The van der Waals surface area contributed by atoms with Gasteiger partial charge >= 0.3 is 0 Å². The van der Waals surface area contributed by atoms with Gasteiger partial charge in [-0.15, -0.1) is 0 Å². The van der Waals surface area contributed by atoms with E-state index in [1.54, 1.807) is 19.0 Å². The van der Waals surface area contributed by atoms with Crippen molar-refractivity contribution in [2.75, 3.05) is 19.4 Å². The maximum absolute atomic E-state index is 11.8. The molecule has 1 amide bonds. The third-order valence-corrected chi connectivity index (χ3v) is 3.54. The van der Waals surface area contributed by atoms with Gasteiger partial charge in [0.2, 0.25) is 0 Å². The Kier molecular flexibility index (Phi) is 4.86. The Bertz CT molecular complexity index is 606. The number of anilines is 1. The van der Waals surface area contributed by atoms with E-state index in [4.69, 9.17) is 11.6 Å². The Morgan fingerprint density at radius 2 is 1.62 bits per heavy atom. The lowest BCUT2D eigenvalue weighted by Gasteiger charge is -2.16. The van der Waals surface area contributed by atoms with Gasteiger partial charge in [0, 0.05) is 36.4 Å². The Hall–Kier alpha value is -2.00. The standard InChI is InChI=1S/C17H19ClN2O/c1-12(13-4-8-15(18)9-5-13)19-16-10-6-14(7-11-16)17(21)20(2)3/h4-12,19H,1-3H3. The van der Waals surface area contributed by atoms with Crippen LogP contribution in [0.15, 0.2) is 48.5 Å². The topological polar surface area (TPSA) is 32.3 Å². The van der Waals surface area contributed by atoms with Crippen LogP contribution in [-0.2, 0) is 0 Å². The fourth-order valence-corrected chi connectivity index (χ4v) is 2.18. The minimum atomic E-state index is 0.00676. The molecule has 0 fully saturated rings. The van der Waals surface area contributed by atoms with Gasteiger partial charge in [-0.05, 0) is 48.9 Å². The molecule has 110 valence electrons. The van der Waals surface area contributed by atoms with Crippen molar-refractivity contribution in [3.63, 3.8) is 0 Å². The second-order valence-electron chi connectivity index (χ2n) is 5.19. The lowest BCUT2D eigenvalue weighted by atomic mass is 10.1. The molecule has 0 aliphatic rings. The summed E-state index contributed by atoms with van der Waals surface area (Å²) in [7, 11) is 3.49. The zero-order valence-corrected chi connectivity index (χ0v) is 13.2. The first-order chi connectivity index (χ1) is 9.97. The van der Waals surface area contributed by atoms with E-state index in [1.165, 1.54) is 0 Å². The summed E-state index contributed by atoms with van der Waals surface area (Å²) in [6.45, 7) is 2.09. The Morgan fingerprint density at radius 1 is 1.05 bits per heavy atom. The average Bonchev–Trinajstić information content (AvgIpc) is 2.47. The fourth-order valence-electron chi connectivity index (χ4n) is 2.05. The molecule has 2 aromatic carbocycles. The summed E-state index contributed by atoms with van der Waals surface area (Å²) in [6, 6.07) is 15.4. The molecular formula is C17H19ClN2O. The molecule has 0 aromatic heterocycles. The van der Waals surface area contributed by atoms with Crippen LogP contribution < -0.4 is 5.32 Å². The van der Waals surface area contributed by atoms with Crippen molar-refractivity contribution in [1.29, 1.82) is 0 Å². The number of carbonyl (C=O) groups excluding carboxylic acids is 1. The van der Waals surface area contributed by atoms with Gasteiger partial charge in [-0.25, -0.2) is 0 Å². The highest BCUT2D eigenvalue weighted by molar-refractivity contribution is 6.30. The van der Waals surface area contributed by atoms with Crippen LogP contribution in [0.25, 0.3) is 0 Å². The van der Waals surface area contributed by atoms with E-state index in [2.05, 4.69) is 12.2 Å². The highest BCUT2D eigenvalue weighted by Crippen LogP contribution is 2.21. The molecule has 0 spiro atoms. The predicted molar refractivity (Wildman–Crippen MR) is 87.9 cm³/mol. The number of hydrogen-bond donors (Lipinski definition) is 1. The van der Waals surface area contributed by atoms with Gasteiger partial charge < -0.3 is 10.2 Å². The number of rotatable bonds is 4. The number of benzene rings is 2. The molecule has 3 nitrogen and oxygen atoms in total. The maximum Gasteiger partial charge on any atom is 0.253 e. The molecule has 0 radical (unpaired) electrons. The van der Waals surface area contributed by atoms with Gasteiger partial charge in [-0.3, -0.25) is 4.79 Å². The van der Waals surface area contributed by atoms with Crippen molar-refractivity contribution >= 4 is 23.2 Å². The normalized spacial score (nSPS) is 11.8. The molecule has 0 bridgehead atoms. The number of halogens is 1. The molecule has 0 saturated heterocycles. The van der Waals surface area contributed by atoms with Crippen molar-refractivity contribution < 1.29 is 4.79 Å². The third-order valence-electron chi connectivity index (χ3n) is 3.29. The lowest BCUT2D eigenvalue weighted by molar-refractivity contribution is 0.0827. The van der Waals surface area contributed by atoms with Crippen LogP contribution >= 0.6 is 11.6 Å². The summed E-state index contributed by atoms with van der Waals surface area (Å²) >= 11 is 5.89. The van der Waals surface area contributed by atoms with Crippen LogP contribution in [-0.4, -0.2) is 24.9 Å². The monoisotopic (exact) mass is 302 g/mol. The van der Waals surface area contributed by atoms with E-state index in [9.17, 15) is 4.79 Å². The van der Waals surface area contributed by atoms with Gasteiger partial charge in [-0.1, -0.05) is 23.7 Å². The summed E-state index contributed by atoms with van der Waals surface area (Å²) in [4.78, 5) is 13.4. The van der Waals surface area contributed by atoms with Crippen molar-refractivity contribution in [3.05, 3.63) is 64.7 Å². The summed E-state index contributed by atoms with van der Waals surface area (Å²) < 4.78 is 0. The highest BCUT2D eigenvalue weighted by atomic mass is 35.5. The van der Waals surface area contributed by atoms with Gasteiger partial charge in [0.25, 0.3) is 5.91 Å². The summed E-state index contributed by atoms with van der Waals surface area (Å²) in [5.74, 6) is 0.00676. The maximum atomic E-state index is 11.8. The van der Waals surface area contributed by atoms with Crippen LogP contribution in [0, 0.1) is 0 Å². The SMILES string of the molecule is CC(Nc1ccc(C(=O)N(C)C)cc1)c1ccc(Cl)cc1. The molecule has 0 aliphatic carbocycles. The van der Waals surface area contributed by atoms with E-state index >= 15 is 0 Å². The van der Waals surface area contributed by atoms with E-state index in [1.807, 2.05) is 48.5 Å². The minimum Gasteiger partial charge on any atom is -0.379 e. The van der Waals surface area contributed by atoms with Crippen molar-refractivity contribution in [2.24, 2.45) is 0 Å². The van der Waals surface area contributed by atoms with E-state index < -0.39 is 0 Å². The molecule has 21 heavy (non-hydrogen) atoms. The second-order valence-corrected chi connectivity index (χ2v) is 5.63. The van der Waals surface area contributed by atoms with Gasteiger partial charge in [0.1, 0.15) is 0 Å². The smallest absolute Gasteiger partial charge is 0.253 e. The number of carbonyl (C=O) groups is 1. The molecule has 0 saturated carbocycles. The zero-order chi connectivity index (χ0) is 15.4. The minimum absolute atomic E-state index is 0.00676. The second kappa shape index (κ2) is 6.64. The zero-order valence-electron chi connectivity index (χ0n) is 12.4. The third kappa shape index (κ3) is 3.99. The largest absolute Gasteiger partial charge is 0.379 e. The summed E-state index contributed by atoms with van der Waals surface area (Å²) in [6.07, 6.45) is 0. The molecular weight excluding hydrogens is 284 g/mol. The highest BCUT2D eigenvalue weighted by Gasteiger charge is 2.09. The Labute approximate surface area is 130 Å². The van der Waals surface area contributed by atoms with Crippen LogP contribution in [0.3, 0.4) is 0 Å². The van der Waals surface area contributed by atoms with Gasteiger partial charge in [-0.2, -0.15) is 0 Å². The van der Waals surface area contributed by atoms with Crippen LogP contribution in [0.5, 0.6) is 0 Å². The van der Waals surface area contributed by atoms with Crippen LogP contribution in [0.1, 0.15) is 28.9 Å². The van der Waals surface area contributed by atoms with Crippen molar-refractivity contribution in [3.8, 4) is 0 Å². The quantitative estimate of drug-likeness (QED) is 0.917. The van der Waals surface area contributed by atoms with Gasteiger partial charge in [0.15, 0.2) is 0 Å². The number of hydrogen-bond acceptors (Lipinski definition) is 2.